The second-order valence-corrected chi connectivity index (χ2v) is 4.85. The molecular formula is C8H9N3OS2. The van der Waals surface area contributed by atoms with Crippen molar-refractivity contribution in [3.05, 3.63) is 22.8 Å². The molecule has 0 N–H and O–H groups in total. The van der Waals surface area contributed by atoms with E-state index in [2.05, 4.69) is 15.1 Å². The molecule has 4 nitrogen and oxygen atoms in total. The lowest BCUT2D eigenvalue weighted by molar-refractivity contribution is 0.389. The first-order valence-electron chi connectivity index (χ1n) is 4.08. The molecule has 74 valence electrons. The second-order valence-electron chi connectivity index (χ2n) is 2.77. The van der Waals surface area contributed by atoms with E-state index in [1.54, 1.807) is 30.0 Å². The Labute approximate surface area is 89.8 Å². The minimum Gasteiger partial charge on any atom is -0.340 e. The molecule has 0 saturated heterocycles. The summed E-state index contributed by atoms with van der Waals surface area (Å²) < 4.78 is 5.91. The van der Waals surface area contributed by atoms with Crippen molar-refractivity contribution in [2.24, 2.45) is 0 Å². The normalized spacial score (nSPS) is 10.7. The summed E-state index contributed by atoms with van der Waals surface area (Å²) in [5.74, 6) is 2.04. The van der Waals surface area contributed by atoms with Crippen LogP contribution in [0, 0.1) is 13.8 Å². The molecule has 0 aromatic carbocycles. The Bertz CT molecular complexity index is 383. The van der Waals surface area contributed by atoms with Crippen LogP contribution in [-0.2, 0) is 5.75 Å². The van der Waals surface area contributed by atoms with E-state index < -0.39 is 0 Å². The summed E-state index contributed by atoms with van der Waals surface area (Å²) in [6.07, 6.45) is 0. The van der Waals surface area contributed by atoms with E-state index in [1.165, 1.54) is 0 Å². The van der Waals surface area contributed by atoms with Gasteiger partial charge in [0.05, 0.1) is 5.75 Å². The van der Waals surface area contributed by atoms with E-state index in [1.807, 2.05) is 12.3 Å². The molecule has 0 aliphatic rings. The Hall–Kier alpha value is -0.880. The van der Waals surface area contributed by atoms with E-state index in [-0.39, 0.29) is 0 Å². The average molecular weight is 227 g/mol. The molecule has 0 radical (unpaired) electrons. The van der Waals surface area contributed by atoms with Crippen molar-refractivity contribution in [2.75, 3.05) is 0 Å². The van der Waals surface area contributed by atoms with Crippen LogP contribution in [0.25, 0.3) is 0 Å². The Morgan fingerprint density at radius 3 is 2.86 bits per heavy atom. The summed E-state index contributed by atoms with van der Waals surface area (Å²) in [4.78, 5) is 8.44. The number of hydrogen-bond acceptors (Lipinski definition) is 6. The zero-order valence-electron chi connectivity index (χ0n) is 7.85. The predicted molar refractivity (Wildman–Crippen MR) is 55.4 cm³/mol. The summed E-state index contributed by atoms with van der Waals surface area (Å²) in [5.41, 5.74) is 1.06. The lowest BCUT2D eigenvalue weighted by Crippen LogP contribution is -1.83. The molecule has 0 aliphatic heterocycles. The molecular weight excluding hydrogens is 218 g/mol. The molecule has 0 fully saturated rings. The molecule has 2 aromatic heterocycles. The van der Waals surface area contributed by atoms with Crippen LogP contribution >= 0.6 is 23.1 Å². The molecule has 0 bridgehead atoms. The minimum absolute atomic E-state index is 0.607. The summed E-state index contributed by atoms with van der Waals surface area (Å²) in [6, 6.07) is 0. The number of aryl methyl sites for hydroxylation is 2. The highest BCUT2D eigenvalue weighted by Crippen LogP contribution is 2.24. The fraction of sp³-hybridized carbons (Fsp3) is 0.375. The lowest BCUT2D eigenvalue weighted by atomic mass is 10.6. The van der Waals surface area contributed by atoms with Crippen molar-refractivity contribution in [1.29, 1.82) is 0 Å². The second kappa shape index (κ2) is 4.10. The molecule has 2 heterocycles. The van der Waals surface area contributed by atoms with Crippen LogP contribution in [-0.4, -0.2) is 15.1 Å². The van der Waals surface area contributed by atoms with Crippen molar-refractivity contribution in [3.63, 3.8) is 0 Å². The topological polar surface area (TPSA) is 51.8 Å². The van der Waals surface area contributed by atoms with E-state index in [0.717, 1.165) is 15.9 Å². The molecule has 14 heavy (non-hydrogen) atoms. The fourth-order valence-electron chi connectivity index (χ4n) is 0.925. The van der Waals surface area contributed by atoms with Gasteiger partial charge in [0.2, 0.25) is 5.89 Å². The first-order valence-corrected chi connectivity index (χ1v) is 5.94. The minimum atomic E-state index is 0.607. The highest BCUT2D eigenvalue weighted by Gasteiger charge is 2.05. The van der Waals surface area contributed by atoms with Gasteiger partial charge in [0.25, 0.3) is 0 Å². The number of hydrogen-bond donors (Lipinski definition) is 0. The van der Waals surface area contributed by atoms with Crippen LogP contribution in [0.2, 0.25) is 0 Å². The summed E-state index contributed by atoms with van der Waals surface area (Å²) in [6.45, 7) is 3.77. The van der Waals surface area contributed by atoms with Gasteiger partial charge in [0.1, 0.15) is 0 Å². The van der Waals surface area contributed by atoms with Gasteiger partial charge in [0.15, 0.2) is 10.2 Å². The van der Waals surface area contributed by atoms with Crippen molar-refractivity contribution >= 4 is 23.1 Å². The molecule has 0 spiro atoms. The number of rotatable bonds is 3. The summed E-state index contributed by atoms with van der Waals surface area (Å²) in [5, 5.41) is 5.84. The quantitative estimate of drug-likeness (QED) is 0.754. The summed E-state index contributed by atoms with van der Waals surface area (Å²) >= 11 is 3.27. The lowest BCUT2D eigenvalue weighted by Gasteiger charge is -1.89. The highest BCUT2D eigenvalue weighted by molar-refractivity contribution is 8.00. The molecule has 0 unspecified atom stereocenters. The first-order chi connectivity index (χ1) is 6.74. The largest absolute Gasteiger partial charge is 0.340 e. The molecule has 0 aliphatic carbocycles. The molecule has 0 saturated carbocycles. The van der Waals surface area contributed by atoms with Crippen LogP contribution in [0.4, 0.5) is 0 Å². The van der Waals surface area contributed by atoms with E-state index in [0.29, 0.717) is 11.6 Å². The van der Waals surface area contributed by atoms with Crippen LogP contribution in [0.1, 0.15) is 17.4 Å². The third-order valence-electron chi connectivity index (χ3n) is 1.49. The van der Waals surface area contributed by atoms with Gasteiger partial charge in [-0.1, -0.05) is 16.9 Å². The Morgan fingerprint density at radius 1 is 1.43 bits per heavy atom. The van der Waals surface area contributed by atoms with Crippen molar-refractivity contribution < 1.29 is 4.52 Å². The van der Waals surface area contributed by atoms with Gasteiger partial charge in [-0.2, -0.15) is 4.98 Å². The first kappa shape index (κ1) is 9.67. The molecule has 0 amide bonds. The number of thiazole rings is 1. The molecule has 0 atom stereocenters. The van der Waals surface area contributed by atoms with E-state index >= 15 is 0 Å². The maximum absolute atomic E-state index is 4.87. The number of nitrogens with zero attached hydrogens (tertiary/aromatic N) is 3. The smallest absolute Gasteiger partial charge is 0.223 e. The van der Waals surface area contributed by atoms with E-state index in [4.69, 9.17) is 4.52 Å². The number of thioether (sulfide) groups is 1. The maximum atomic E-state index is 4.87. The summed E-state index contributed by atoms with van der Waals surface area (Å²) in [7, 11) is 0. The van der Waals surface area contributed by atoms with Gasteiger partial charge in [-0.3, -0.25) is 0 Å². The van der Waals surface area contributed by atoms with Gasteiger partial charge >= 0.3 is 0 Å². The van der Waals surface area contributed by atoms with Crippen molar-refractivity contribution in [3.8, 4) is 0 Å². The maximum Gasteiger partial charge on any atom is 0.223 e. The van der Waals surface area contributed by atoms with Gasteiger partial charge in [0, 0.05) is 18.0 Å². The molecule has 2 aromatic rings. The zero-order valence-corrected chi connectivity index (χ0v) is 9.48. The average Bonchev–Trinajstić information content (AvgIpc) is 2.72. The molecule has 6 heteroatoms. The predicted octanol–water partition coefficient (Wildman–Crippen LogP) is 2.44. The van der Waals surface area contributed by atoms with Gasteiger partial charge in [-0.25, -0.2) is 4.98 Å². The third kappa shape index (κ3) is 2.33. The zero-order chi connectivity index (χ0) is 9.97. The van der Waals surface area contributed by atoms with Crippen LogP contribution in [0.15, 0.2) is 14.2 Å². The monoisotopic (exact) mass is 227 g/mol. The van der Waals surface area contributed by atoms with Crippen LogP contribution in [0.5, 0.6) is 0 Å². The fourth-order valence-corrected chi connectivity index (χ4v) is 2.62. The highest BCUT2D eigenvalue weighted by atomic mass is 32.2. The Morgan fingerprint density at radius 2 is 2.29 bits per heavy atom. The standard InChI is InChI=1S/C8H9N3OS2/c1-5-3-13-8(9-5)14-4-7-10-6(2)12-11-7/h3H,4H2,1-2H3. The van der Waals surface area contributed by atoms with Crippen LogP contribution in [0.3, 0.4) is 0 Å². The van der Waals surface area contributed by atoms with E-state index in [9.17, 15) is 0 Å². The Balaban J connectivity index is 1.94. The molecule has 2 rings (SSSR count). The van der Waals surface area contributed by atoms with Crippen molar-refractivity contribution in [2.45, 2.75) is 23.9 Å². The number of aromatic nitrogens is 3. The van der Waals surface area contributed by atoms with Crippen LogP contribution < -0.4 is 0 Å². The third-order valence-corrected chi connectivity index (χ3v) is 3.63. The van der Waals surface area contributed by atoms with Gasteiger partial charge in [-0.05, 0) is 6.92 Å². The van der Waals surface area contributed by atoms with Crippen molar-refractivity contribution in [1.82, 2.24) is 15.1 Å². The van der Waals surface area contributed by atoms with Gasteiger partial charge < -0.3 is 4.52 Å². The van der Waals surface area contributed by atoms with Gasteiger partial charge in [-0.15, -0.1) is 11.3 Å². The SMILES string of the molecule is Cc1csc(SCc2noc(C)n2)n1. The Kier molecular flexibility index (Phi) is 2.83.